The highest BCUT2D eigenvalue weighted by Gasteiger charge is 2.20. The molecule has 10 nitrogen and oxygen atoms in total. The molecule has 1 fully saturated rings. The molecule has 1 aliphatic rings. The van der Waals surface area contributed by atoms with Crippen molar-refractivity contribution in [3.63, 3.8) is 0 Å². The number of fused-ring (bicyclic) bond motifs is 1. The van der Waals surface area contributed by atoms with E-state index in [0.717, 1.165) is 25.9 Å². The minimum Gasteiger partial charge on any atom is -0.365 e. The lowest BCUT2D eigenvalue weighted by atomic mass is 10.2. The first-order valence-electron chi connectivity index (χ1n) is 8.33. The molecule has 0 radical (unpaired) electrons. The average Bonchev–Trinajstić information content (AvgIpc) is 3.05. The molecule has 142 valence electrons. The lowest BCUT2D eigenvalue weighted by Gasteiger charge is -2.23. The molecule has 3 N–H and O–H groups in total. The highest BCUT2D eigenvalue weighted by molar-refractivity contribution is 7.46. The van der Waals surface area contributed by atoms with Crippen LogP contribution in [0.2, 0.25) is 0 Å². The molecule has 11 heteroatoms. The van der Waals surface area contributed by atoms with Gasteiger partial charge in [0.15, 0.2) is 17.0 Å². The van der Waals surface area contributed by atoms with Crippen molar-refractivity contribution in [2.75, 3.05) is 25.1 Å². The summed E-state index contributed by atoms with van der Waals surface area (Å²) in [7, 11) is -4.46. The predicted molar refractivity (Wildman–Crippen MR) is 94.4 cm³/mol. The topological polar surface area (TPSA) is 132 Å². The summed E-state index contributed by atoms with van der Waals surface area (Å²) in [5.41, 5.74) is 2.05. The van der Waals surface area contributed by atoms with Gasteiger partial charge in [0.2, 0.25) is 0 Å². The monoisotopic (exact) mass is 383 g/mol. The number of ether oxygens (including phenoxy) is 1. The summed E-state index contributed by atoms with van der Waals surface area (Å²) in [6.45, 7) is 2.73. The predicted octanol–water partition coefficient (Wildman–Crippen LogP) is 1.99. The van der Waals surface area contributed by atoms with Gasteiger partial charge in [0.1, 0.15) is 12.6 Å². The zero-order valence-corrected chi connectivity index (χ0v) is 15.3. The lowest BCUT2D eigenvalue weighted by Crippen LogP contribution is -2.17. The van der Waals surface area contributed by atoms with Crippen LogP contribution in [0.5, 0.6) is 0 Å². The van der Waals surface area contributed by atoms with E-state index < -0.39 is 7.82 Å². The van der Waals surface area contributed by atoms with Crippen molar-refractivity contribution in [3.8, 4) is 0 Å². The van der Waals surface area contributed by atoms with Gasteiger partial charge in [-0.25, -0.2) is 19.5 Å². The Balaban J connectivity index is 1.67. The Bertz CT molecular complexity index is 827. The third-order valence-corrected chi connectivity index (χ3v) is 4.47. The first-order chi connectivity index (χ1) is 12.4. The van der Waals surface area contributed by atoms with Gasteiger partial charge < -0.3 is 19.8 Å². The van der Waals surface area contributed by atoms with Crippen LogP contribution in [0.1, 0.15) is 32.4 Å². The Morgan fingerprint density at radius 3 is 3.04 bits per heavy atom. The van der Waals surface area contributed by atoms with Gasteiger partial charge in [-0.05, 0) is 31.8 Å². The van der Waals surface area contributed by atoms with E-state index in [1.165, 1.54) is 6.33 Å². The number of hydrogen-bond donors (Lipinski definition) is 3. The summed E-state index contributed by atoms with van der Waals surface area (Å²) in [5, 5.41) is 3.14. The standard InChI is InChI=1S/C15H22N5O5P/c1-11(8-25-26(21,22)23)5-6-16-14-13-15(18-9-17-14)20(10-19-13)12-4-2-3-7-24-12/h5,9-10,12H,2-4,6-8H2,1H3,(H,16,17,18)(H2,21,22,23)/b11-5-/t12-/m0/s1. The maximum atomic E-state index is 10.7. The average molecular weight is 383 g/mol. The molecule has 1 saturated heterocycles. The highest BCUT2D eigenvalue weighted by atomic mass is 31.2. The Kier molecular flexibility index (Phi) is 6.00. The summed E-state index contributed by atoms with van der Waals surface area (Å²) in [5.74, 6) is 0.588. The summed E-state index contributed by atoms with van der Waals surface area (Å²) in [4.78, 5) is 30.4. The van der Waals surface area contributed by atoms with Gasteiger partial charge in [-0.1, -0.05) is 6.08 Å². The van der Waals surface area contributed by atoms with Crippen molar-refractivity contribution in [3.05, 3.63) is 24.3 Å². The number of phosphoric acid groups is 1. The maximum Gasteiger partial charge on any atom is 0.469 e. The third kappa shape index (κ3) is 4.87. The van der Waals surface area contributed by atoms with Crippen LogP contribution < -0.4 is 5.32 Å². The van der Waals surface area contributed by atoms with Crippen LogP contribution in [-0.2, 0) is 13.8 Å². The van der Waals surface area contributed by atoms with E-state index in [0.29, 0.717) is 29.1 Å². The SMILES string of the molecule is C/C(=C/CNc1ncnc2c1ncn2[C@@H]1CCCCO1)COP(=O)(O)O. The zero-order chi connectivity index (χ0) is 18.6. The van der Waals surface area contributed by atoms with Crippen molar-refractivity contribution in [2.24, 2.45) is 0 Å². The molecule has 0 amide bonds. The minimum absolute atomic E-state index is 0.0524. The van der Waals surface area contributed by atoms with Gasteiger partial charge in [-0.15, -0.1) is 0 Å². The first kappa shape index (κ1) is 18.9. The number of phosphoric ester groups is 1. The fraction of sp³-hybridized carbons (Fsp3) is 0.533. The van der Waals surface area contributed by atoms with Gasteiger partial charge in [0.05, 0.1) is 12.9 Å². The van der Waals surface area contributed by atoms with Crippen molar-refractivity contribution in [1.82, 2.24) is 19.5 Å². The molecule has 0 aliphatic carbocycles. The molecule has 0 aromatic carbocycles. The summed E-state index contributed by atoms with van der Waals surface area (Å²) >= 11 is 0. The van der Waals surface area contributed by atoms with Gasteiger partial charge in [0, 0.05) is 13.2 Å². The molecule has 3 heterocycles. The van der Waals surface area contributed by atoms with E-state index in [4.69, 9.17) is 14.5 Å². The molecule has 3 rings (SSSR count). The van der Waals surface area contributed by atoms with E-state index in [1.54, 1.807) is 19.3 Å². The van der Waals surface area contributed by atoms with Crippen LogP contribution in [-0.4, -0.2) is 49.1 Å². The van der Waals surface area contributed by atoms with Crippen LogP contribution in [0.3, 0.4) is 0 Å². The fourth-order valence-corrected chi connectivity index (χ4v) is 3.07. The largest absolute Gasteiger partial charge is 0.469 e. The second-order valence-corrected chi connectivity index (χ2v) is 7.30. The second-order valence-electron chi connectivity index (χ2n) is 6.06. The van der Waals surface area contributed by atoms with E-state index in [-0.39, 0.29) is 12.8 Å². The van der Waals surface area contributed by atoms with Crippen LogP contribution >= 0.6 is 7.82 Å². The molecule has 0 unspecified atom stereocenters. The lowest BCUT2D eigenvalue weighted by molar-refractivity contribution is -0.0298. The molecule has 1 aliphatic heterocycles. The summed E-state index contributed by atoms with van der Waals surface area (Å²) in [6.07, 6.45) is 8.02. The Hall–Kier alpha value is -1.84. The molecule has 2 aromatic rings. The Labute approximate surface area is 150 Å². The molecule has 0 spiro atoms. The number of nitrogens with zero attached hydrogens (tertiary/aromatic N) is 4. The number of hydrogen-bond acceptors (Lipinski definition) is 7. The number of aromatic nitrogens is 4. The number of nitrogens with one attached hydrogen (secondary N) is 1. The van der Waals surface area contributed by atoms with Crippen LogP contribution in [0.15, 0.2) is 24.3 Å². The number of anilines is 1. The van der Waals surface area contributed by atoms with Gasteiger partial charge in [-0.3, -0.25) is 9.09 Å². The van der Waals surface area contributed by atoms with E-state index in [9.17, 15) is 4.57 Å². The maximum absolute atomic E-state index is 10.7. The summed E-state index contributed by atoms with van der Waals surface area (Å²) < 4.78 is 22.9. The molecular formula is C15H22N5O5P. The van der Waals surface area contributed by atoms with Crippen molar-refractivity contribution in [2.45, 2.75) is 32.4 Å². The van der Waals surface area contributed by atoms with E-state index >= 15 is 0 Å². The van der Waals surface area contributed by atoms with Crippen molar-refractivity contribution >= 4 is 24.8 Å². The molecular weight excluding hydrogens is 361 g/mol. The number of rotatable bonds is 7. The fourth-order valence-electron chi connectivity index (χ4n) is 2.70. The normalized spacial score (nSPS) is 19.0. The van der Waals surface area contributed by atoms with Crippen molar-refractivity contribution in [1.29, 1.82) is 0 Å². The van der Waals surface area contributed by atoms with Crippen LogP contribution in [0, 0.1) is 0 Å². The minimum atomic E-state index is -4.46. The zero-order valence-electron chi connectivity index (χ0n) is 14.4. The molecule has 2 aromatic heterocycles. The van der Waals surface area contributed by atoms with Crippen molar-refractivity contribution < 1.29 is 23.6 Å². The second kappa shape index (κ2) is 8.24. The number of imidazole rings is 1. The quantitative estimate of drug-likeness (QED) is 0.485. The summed E-state index contributed by atoms with van der Waals surface area (Å²) in [6, 6.07) is 0. The van der Waals surface area contributed by atoms with Crippen LogP contribution in [0.25, 0.3) is 11.2 Å². The van der Waals surface area contributed by atoms with E-state index in [2.05, 4.69) is 24.8 Å². The van der Waals surface area contributed by atoms with Gasteiger partial charge in [0.25, 0.3) is 0 Å². The van der Waals surface area contributed by atoms with E-state index in [1.807, 2.05) is 4.57 Å². The van der Waals surface area contributed by atoms with Gasteiger partial charge >= 0.3 is 7.82 Å². The van der Waals surface area contributed by atoms with Gasteiger partial charge in [-0.2, -0.15) is 0 Å². The Morgan fingerprint density at radius 2 is 2.31 bits per heavy atom. The molecule has 1 atom stereocenters. The van der Waals surface area contributed by atoms with Crippen LogP contribution in [0.4, 0.5) is 5.82 Å². The first-order valence-corrected chi connectivity index (χ1v) is 9.86. The molecule has 0 saturated carbocycles. The molecule has 0 bridgehead atoms. The Morgan fingerprint density at radius 1 is 1.46 bits per heavy atom. The molecule has 26 heavy (non-hydrogen) atoms. The smallest absolute Gasteiger partial charge is 0.365 e. The third-order valence-electron chi connectivity index (χ3n) is 4.01. The highest BCUT2D eigenvalue weighted by Crippen LogP contribution is 2.36.